The number of ether oxygens (including phenoxy) is 1. The lowest BCUT2D eigenvalue weighted by atomic mass is 9.94. The Bertz CT molecular complexity index is 263. The van der Waals surface area contributed by atoms with Gasteiger partial charge >= 0.3 is 5.97 Å². The van der Waals surface area contributed by atoms with Crippen molar-refractivity contribution in [2.45, 2.75) is 33.1 Å². The van der Waals surface area contributed by atoms with Gasteiger partial charge in [-0.3, -0.25) is 9.59 Å². The summed E-state index contributed by atoms with van der Waals surface area (Å²) in [7, 11) is 0. The van der Waals surface area contributed by atoms with Crippen LogP contribution in [0.15, 0.2) is 12.7 Å². The largest absolute Gasteiger partial charge is 0.465 e. The Hall–Kier alpha value is -1.12. The van der Waals surface area contributed by atoms with E-state index >= 15 is 0 Å². The molecule has 1 fully saturated rings. The molecule has 0 bridgehead atoms. The van der Waals surface area contributed by atoms with Crippen LogP contribution < -0.4 is 0 Å². The highest BCUT2D eigenvalue weighted by Crippen LogP contribution is 2.55. The lowest BCUT2D eigenvalue weighted by molar-refractivity contribution is -0.154. The van der Waals surface area contributed by atoms with E-state index in [2.05, 4.69) is 6.58 Å². The first-order chi connectivity index (χ1) is 7.13. The average molecular weight is 210 g/mol. The SMILES string of the molecule is C=CC1CC1(C(=O)CCC)C(=O)OCC. The van der Waals surface area contributed by atoms with Gasteiger partial charge in [0.2, 0.25) is 0 Å². The molecule has 1 aliphatic carbocycles. The number of carbonyl (C=O) groups is 2. The summed E-state index contributed by atoms with van der Waals surface area (Å²) in [5.41, 5.74) is -0.881. The second-order valence-electron chi connectivity index (χ2n) is 3.91. The van der Waals surface area contributed by atoms with Crippen molar-refractivity contribution in [2.24, 2.45) is 11.3 Å². The first kappa shape index (κ1) is 12.0. The molecule has 0 aromatic heterocycles. The molecule has 3 nitrogen and oxygen atoms in total. The Labute approximate surface area is 90.5 Å². The van der Waals surface area contributed by atoms with E-state index in [0.717, 1.165) is 6.42 Å². The van der Waals surface area contributed by atoms with Gasteiger partial charge in [0.15, 0.2) is 5.78 Å². The Morgan fingerprint density at radius 2 is 2.20 bits per heavy atom. The summed E-state index contributed by atoms with van der Waals surface area (Å²) in [5.74, 6) is -0.377. The van der Waals surface area contributed by atoms with Crippen LogP contribution in [0.25, 0.3) is 0 Å². The van der Waals surface area contributed by atoms with Crippen molar-refractivity contribution >= 4 is 11.8 Å². The summed E-state index contributed by atoms with van der Waals surface area (Å²) in [6, 6.07) is 0. The lowest BCUT2D eigenvalue weighted by Crippen LogP contribution is -2.29. The molecule has 0 saturated heterocycles. The zero-order valence-corrected chi connectivity index (χ0v) is 9.41. The van der Waals surface area contributed by atoms with E-state index in [-0.39, 0.29) is 17.7 Å². The normalized spacial score (nSPS) is 28.3. The summed E-state index contributed by atoms with van der Waals surface area (Å²) in [4.78, 5) is 23.6. The number of Topliss-reactive ketones (excluding diaryl/α,β-unsaturated/α-hetero) is 1. The molecule has 1 saturated carbocycles. The highest BCUT2D eigenvalue weighted by molar-refractivity contribution is 6.07. The van der Waals surface area contributed by atoms with E-state index in [0.29, 0.717) is 19.4 Å². The topological polar surface area (TPSA) is 43.4 Å². The first-order valence-corrected chi connectivity index (χ1v) is 5.46. The molecule has 0 spiro atoms. The van der Waals surface area contributed by atoms with Crippen molar-refractivity contribution in [1.82, 2.24) is 0 Å². The molecule has 2 unspecified atom stereocenters. The Morgan fingerprint density at radius 3 is 2.60 bits per heavy atom. The Balaban J connectivity index is 2.77. The van der Waals surface area contributed by atoms with Crippen LogP contribution in [-0.4, -0.2) is 18.4 Å². The highest BCUT2D eigenvalue weighted by Gasteiger charge is 2.64. The van der Waals surface area contributed by atoms with Gasteiger partial charge in [0, 0.05) is 12.3 Å². The summed E-state index contributed by atoms with van der Waals surface area (Å²) >= 11 is 0. The van der Waals surface area contributed by atoms with Gasteiger partial charge in [-0.2, -0.15) is 0 Å². The molecule has 3 heteroatoms. The molecule has 0 heterocycles. The molecule has 0 aliphatic heterocycles. The van der Waals surface area contributed by atoms with Crippen LogP contribution in [0, 0.1) is 11.3 Å². The number of carbonyl (C=O) groups excluding carboxylic acids is 2. The Morgan fingerprint density at radius 1 is 1.53 bits per heavy atom. The van der Waals surface area contributed by atoms with Gasteiger partial charge in [-0.25, -0.2) is 0 Å². The maximum Gasteiger partial charge on any atom is 0.320 e. The molecule has 2 atom stereocenters. The fourth-order valence-corrected chi connectivity index (χ4v) is 1.95. The van der Waals surface area contributed by atoms with E-state index in [9.17, 15) is 9.59 Å². The van der Waals surface area contributed by atoms with Crippen molar-refractivity contribution in [3.8, 4) is 0 Å². The standard InChI is InChI=1S/C12H18O3/c1-4-7-10(13)12(8-9(12)5-2)11(14)15-6-3/h5,9H,2,4,6-8H2,1,3H3. The third kappa shape index (κ3) is 1.96. The third-order valence-electron chi connectivity index (χ3n) is 2.91. The molecular formula is C12H18O3. The van der Waals surface area contributed by atoms with Crippen LogP contribution in [0.5, 0.6) is 0 Å². The van der Waals surface area contributed by atoms with Gasteiger partial charge in [-0.15, -0.1) is 6.58 Å². The summed E-state index contributed by atoms with van der Waals surface area (Å²) in [6.45, 7) is 7.65. The van der Waals surface area contributed by atoms with Crippen LogP contribution >= 0.6 is 0 Å². The molecule has 84 valence electrons. The van der Waals surface area contributed by atoms with Crippen molar-refractivity contribution in [3.63, 3.8) is 0 Å². The van der Waals surface area contributed by atoms with Gasteiger partial charge < -0.3 is 4.74 Å². The van der Waals surface area contributed by atoms with Gasteiger partial charge in [0.1, 0.15) is 5.41 Å². The number of esters is 1. The molecule has 0 radical (unpaired) electrons. The predicted molar refractivity (Wildman–Crippen MR) is 57.3 cm³/mol. The van der Waals surface area contributed by atoms with Crippen LogP contribution in [0.4, 0.5) is 0 Å². The van der Waals surface area contributed by atoms with Crippen molar-refractivity contribution in [1.29, 1.82) is 0 Å². The van der Waals surface area contributed by atoms with Gasteiger partial charge in [-0.1, -0.05) is 13.0 Å². The van der Waals surface area contributed by atoms with E-state index < -0.39 is 5.41 Å². The number of hydrogen-bond donors (Lipinski definition) is 0. The number of rotatable bonds is 6. The zero-order chi connectivity index (χ0) is 11.5. The van der Waals surface area contributed by atoms with Crippen molar-refractivity contribution in [2.75, 3.05) is 6.61 Å². The maximum atomic E-state index is 11.9. The lowest BCUT2D eigenvalue weighted by Gasteiger charge is -2.13. The molecule has 15 heavy (non-hydrogen) atoms. The molecule has 1 rings (SSSR count). The molecule has 1 aliphatic rings. The Kier molecular flexibility index (Phi) is 3.66. The quantitative estimate of drug-likeness (QED) is 0.383. The molecule has 0 amide bonds. The number of ketones is 1. The van der Waals surface area contributed by atoms with E-state index in [1.165, 1.54) is 0 Å². The van der Waals surface area contributed by atoms with E-state index in [4.69, 9.17) is 4.74 Å². The summed E-state index contributed by atoms with van der Waals surface area (Å²) in [6.07, 6.45) is 3.48. The minimum atomic E-state index is -0.881. The smallest absolute Gasteiger partial charge is 0.320 e. The first-order valence-electron chi connectivity index (χ1n) is 5.46. The zero-order valence-electron chi connectivity index (χ0n) is 9.41. The second-order valence-corrected chi connectivity index (χ2v) is 3.91. The molecular weight excluding hydrogens is 192 g/mol. The monoisotopic (exact) mass is 210 g/mol. The molecule has 0 aromatic rings. The summed E-state index contributed by atoms with van der Waals surface area (Å²) in [5, 5.41) is 0. The minimum absolute atomic E-state index is 0.00773. The second kappa shape index (κ2) is 4.60. The van der Waals surface area contributed by atoms with Gasteiger partial charge in [-0.05, 0) is 19.8 Å². The van der Waals surface area contributed by atoms with Crippen molar-refractivity contribution in [3.05, 3.63) is 12.7 Å². The fraction of sp³-hybridized carbons (Fsp3) is 0.667. The molecule has 0 aromatic carbocycles. The highest BCUT2D eigenvalue weighted by atomic mass is 16.5. The van der Waals surface area contributed by atoms with Gasteiger partial charge in [0.05, 0.1) is 6.61 Å². The van der Waals surface area contributed by atoms with Crippen LogP contribution in [0.1, 0.15) is 33.1 Å². The number of allylic oxidation sites excluding steroid dienone is 1. The fourth-order valence-electron chi connectivity index (χ4n) is 1.95. The van der Waals surface area contributed by atoms with Gasteiger partial charge in [0.25, 0.3) is 0 Å². The number of hydrogen-bond acceptors (Lipinski definition) is 3. The predicted octanol–water partition coefficient (Wildman–Crippen LogP) is 2.11. The third-order valence-corrected chi connectivity index (χ3v) is 2.91. The van der Waals surface area contributed by atoms with E-state index in [1.54, 1.807) is 13.0 Å². The summed E-state index contributed by atoms with van der Waals surface area (Å²) < 4.78 is 4.96. The average Bonchev–Trinajstić information content (AvgIpc) is 2.94. The maximum absolute atomic E-state index is 11.9. The molecule has 0 N–H and O–H groups in total. The minimum Gasteiger partial charge on any atom is -0.465 e. The van der Waals surface area contributed by atoms with E-state index in [1.807, 2.05) is 6.92 Å². The van der Waals surface area contributed by atoms with Crippen LogP contribution in [0.3, 0.4) is 0 Å². The van der Waals surface area contributed by atoms with Crippen molar-refractivity contribution < 1.29 is 14.3 Å². The van der Waals surface area contributed by atoms with Crippen LogP contribution in [-0.2, 0) is 14.3 Å². The van der Waals surface area contributed by atoms with Crippen LogP contribution in [0.2, 0.25) is 0 Å².